The topological polar surface area (TPSA) is 104 Å². The first-order valence-corrected chi connectivity index (χ1v) is 8.88. The van der Waals surface area contributed by atoms with E-state index in [-0.39, 0.29) is 22.1 Å². The van der Waals surface area contributed by atoms with Gasteiger partial charge in [-0.2, -0.15) is 8.42 Å². The van der Waals surface area contributed by atoms with Gasteiger partial charge in [-0.15, -0.1) is 0 Å². The summed E-state index contributed by atoms with van der Waals surface area (Å²) in [6, 6.07) is 9.91. The van der Waals surface area contributed by atoms with E-state index in [9.17, 15) is 23.3 Å². The highest BCUT2D eigenvalue weighted by atomic mass is 32.2. The molecule has 0 bridgehead atoms. The van der Waals surface area contributed by atoms with Crippen LogP contribution in [0.5, 0.6) is 5.75 Å². The minimum atomic E-state index is -4.18. The number of hydrogen-bond acceptors (Lipinski definition) is 6. The van der Waals surface area contributed by atoms with Gasteiger partial charge in [-0.25, -0.2) is 0 Å². The maximum Gasteiger partial charge on any atom is 0.339 e. The lowest BCUT2D eigenvalue weighted by Crippen LogP contribution is -2.10. The van der Waals surface area contributed by atoms with E-state index in [1.165, 1.54) is 38.1 Å². The number of hydrogen-bond donors (Lipinski definition) is 0. The van der Waals surface area contributed by atoms with Crippen LogP contribution in [0.3, 0.4) is 0 Å². The van der Waals surface area contributed by atoms with Crippen LogP contribution in [-0.2, 0) is 21.3 Å². The zero-order valence-electron chi connectivity index (χ0n) is 13.8. The molecule has 0 fully saturated rings. The summed E-state index contributed by atoms with van der Waals surface area (Å²) in [5.74, 6) is 0.165. The Bertz CT molecular complexity index is 903. The van der Waals surface area contributed by atoms with Gasteiger partial charge < -0.3 is 8.98 Å². The smallest absolute Gasteiger partial charge is 0.339 e. The average Bonchev–Trinajstić information content (AvgIpc) is 2.53. The van der Waals surface area contributed by atoms with Crippen LogP contribution in [0.4, 0.5) is 5.69 Å². The van der Waals surface area contributed by atoms with Crippen molar-refractivity contribution < 1.29 is 22.3 Å². The van der Waals surface area contributed by atoms with Crippen LogP contribution in [0.1, 0.15) is 24.5 Å². The van der Waals surface area contributed by atoms with Gasteiger partial charge in [0.15, 0.2) is 0 Å². The monoisotopic (exact) mass is 363 g/mol. The Morgan fingerprint density at radius 2 is 1.80 bits per heavy atom. The number of ketones is 1. The first kappa shape index (κ1) is 18.6. The van der Waals surface area contributed by atoms with Crippen molar-refractivity contribution >= 4 is 21.6 Å². The van der Waals surface area contributed by atoms with E-state index in [1.54, 1.807) is 12.1 Å². The molecule has 2 rings (SSSR count). The fourth-order valence-corrected chi connectivity index (χ4v) is 3.10. The van der Waals surface area contributed by atoms with Crippen molar-refractivity contribution in [2.75, 3.05) is 0 Å². The number of nitro groups is 1. The molecule has 2 aromatic rings. The van der Waals surface area contributed by atoms with Crippen LogP contribution in [0, 0.1) is 17.0 Å². The quantitative estimate of drug-likeness (QED) is 0.425. The Balaban J connectivity index is 2.20. The molecule has 132 valence electrons. The maximum atomic E-state index is 12.3. The van der Waals surface area contributed by atoms with Crippen LogP contribution in [0.25, 0.3) is 0 Å². The van der Waals surface area contributed by atoms with E-state index in [0.29, 0.717) is 18.4 Å². The van der Waals surface area contributed by atoms with Gasteiger partial charge in [0.05, 0.1) is 4.92 Å². The molecule has 0 aliphatic rings. The molecule has 0 radical (unpaired) electrons. The highest BCUT2D eigenvalue weighted by Gasteiger charge is 2.21. The third-order valence-corrected chi connectivity index (χ3v) is 4.80. The van der Waals surface area contributed by atoms with Crippen molar-refractivity contribution in [2.24, 2.45) is 0 Å². The SMILES string of the molecule is CC(=O)CCc1ccc(OS(=O)(=O)c2ccc(C)c([N+](=O)[O-])c2)cc1. The second-order valence-electron chi connectivity index (χ2n) is 5.59. The van der Waals surface area contributed by atoms with Gasteiger partial charge in [0.1, 0.15) is 16.4 Å². The molecule has 0 amide bonds. The molecule has 8 heteroatoms. The summed E-state index contributed by atoms with van der Waals surface area (Å²) in [5, 5.41) is 11.0. The van der Waals surface area contributed by atoms with E-state index >= 15 is 0 Å². The van der Waals surface area contributed by atoms with Crippen LogP contribution in [0.15, 0.2) is 47.4 Å². The van der Waals surface area contributed by atoms with Gasteiger partial charge >= 0.3 is 10.1 Å². The van der Waals surface area contributed by atoms with Crippen molar-refractivity contribution in [3.05, 3.63) is 63.7 Å². The second kappa shape index (κ2) is 7.43. The molecule has 0 unspecified atom stereocenters. The summed E-state index contributed by atoms with van der Waals surface area (Å²) in [6.07, 6.45) is 0.970. The Kier molecular flexibility index (Phi) is 5.53. The highest BCUT2D eigenvalue weighted by molar-refractivity contribution is 7.87. The third kappa shape index (κ3) is 4.87. The van der Waals surface area contributed by atoms with Crippen molar-refractivity contribution in [1.82, 2.24) is 0 Å². The van der Waals surface area contributed by atoms with E-state index in [2.05, 4.69) is 0 Å². The summed E-state index contributed by atoms with van der Waals surface area (Å²) in [4.78, 5) is 21.0. The molecule has 0 saturated heterocycles. The highest BCUT2D eigenvalue weighted by Crippen LogP contribution is 2.25. The molecule has 25 heavy (non-hydrogen) atoms. The van der Waals surface area contributed by atoms with Gasteiger partial charge in [-0.05, 0) is 44.0 Å². The molecule has 0 aromatic heterocycles. The molecule has 0 N–H and O–H groups in total. The van der Waals surface area contributed by atoms with Gasteiger partial charge in [-0.1, -0.05) is 18.2 Å². The fourth-order valence-electron chi connectivity index (χ4n) is 2.15. The Morgan fingerprint density at radius 1 is 1.16 bits per heavy atom. The van der Waals surface area contributed by atoms with Crippen LogP contribution >= 0.6 is 0 Å². The zero-order chi connectivity index (χ0) is 18.6. The lowest BCUT2D eigenvalue weighted by atomic mass is 10.1. The predicted molar refractivity (Wildman–Crippen MR) is 91.1 cm³/mol. The fraction of sp³-hybridized carbons (Fsp3) is 0.235. The number of carbonyl (C=O) groups is 1. The number of nitro benzene ring substituents is 1. The van der Waals surface area contributed by atoms with Gasteiger partial charge in [0.2, 0.25) is 0 Å². The summed E-state index contributed by atoms with van der Waals surface area (Å²) < 4.78 is 29.6. The van der Waals surface area contributed by atoms with Crippen molar-refractivity contribution in [2.45, 2.75) is 31.6 Å². The van der Waals surface area contributed by atoms with Crippen LogP contribution < -0.4 is 4.18 Å². The maximum absolute atomic E-state index is 12.3. The van der Waals surface area contributed by atoms with Crippen LogP contribution in [0.2, 0.25) is 0 Å². The molecule has 2 aromatic carbocycles. The first-order valence-electron chi connectivity index (χ1n) is 7.47. The normalized spacial score (nSPS) is 11.1. The molecule has 0 atom stereocenters. The molecular formula is C17H17NO6S. The lowest BCUT2D eigenvalue weighted by Gasteiger charge is -2.08. The van der Waals surface area contributed by atoms with Crippen molar-refractivity contribution in [1.29, 1.82) is 0 Å². The summed E-state index contributed by atoms with van der Waals surface area (Å²) in [6.45, 7) is 3.03. The molecule has 0 heterocycles. The largest absolute Gasteiger partial charge is 0.379 e. The molecule has 0 spiro atoms. The lowest BCUT2D eigenvalue weighted by molar-refractivity contribution is -0.385. The van der Waals surface area contributed by atoms with E-state index in [1.807, 2.05) is 0 Å². The summed E-state index contributed by atoms with van der Waals surface area (Å²) in [5.41, 5.74) is 0.953. The Labute approximate surface area is 145 Å². The average molecular weight is 363 g/mol. The number of aryl methyl sites for hydroxylation is 2. The summed E-state index contributed by atoms with van der Waals surface area (Å²) in [7, 11) is -4.18. The predicted octanol–water partition coefficient (Wildman–Crippen LogP) is 3.19. The zero-order valence-corrected chi connectivity index (χ0v) is 14.6. The molecular weight excluding hydrogens is 346 g/mol. The molecule has 0 aliphatic heterocycles. The Hall–Kier alpha value is -2.74. The van der Waals surface area contributed by atoms with E-state index in [0.717, 1.165) is 11.6 Å². The standard InChI is InChI=1S/C17H17NO6S/c1-12-3-10-16(11-17(12)18(20)21)25(22,23)24-15-8-6-14(7-9-15)5-4-13(2)19/h3,6-11H,4-5H2,1-2H3. The van der Waals surface area contributed by atoms with Crippen molar-refractivity contribution in [3.63, 3.8) is 0 Å². The molecule has 0 aliphatic carbocycles. The number of Topliss-reactive ketones (excluding diaryl/α,β-unsaturated/α-hetero) is 1. The first-order chi connectivity index (χ1) is 11.7. The third-order valence-electron chi connectivity index (χ3n) is 3.56. The van der Waals surface area contributed by atoms with Gasteiger partial charge in [-0.3, -0.25) is 10.1 Å². The van der Waals surface area contributed by atoms with Crippen molar-refractivity contribution in [3.8, 4) is 5.75 Å². The number of rotatable bonds is 7. The summed E-state index contributed by atoms with van der Waals surface area (Å²) >= 11 is 0. The minimum Gasteiger partial charge on any atom is -0.379 e. The number of nitrogens with zero attached hydrogens (tertiary/aromatic N) is 1. The van der Waals surface area contributed by atoms with Crippen LogP contribution in [-0.4, -0.2) is 19.1 Å². The molecule has 0 saturated carbocycles. The number of carbonyl (C=O) groups excluding carboxylic acids is 1. The minimum absolute atomic E-state index is 0.0730. The molecule has 7 nitrogen and oxygen atoms in total. The van der Waals surface area contributed by atoms with Gasteiger partial charge in [0, 0.05) is 18.1 Å². The van der Waals surface area contributed by atoms with E-state index in [4.69, 9.17) is 4.18 Å². The number of benzene rings is 2. The Morgan fingerprint density at radius 3 is 2.36 bits per heavy atom. The van der Waals surface area contributed by atoms with Gasteiger partial charge in [0.25, 0.3) is 5.69 Å². The van der Waals surface area contributed by atoms with E-state index < -0.39 is 15.0 Å². The second-order valence-corrected chi connectivity index (χ2v) is 7.14.